The third-order valence-electron chi connectivity index (χ3n) is 6.90. The van der Waals surface area contributed by atoms with Crippen LogP contribution in [0.15, 0.2) is 30.3 Å². The third-order valence-corrected chi connectivity index (χ3v) is 7.39. The molecule has 0 aromatic heterocycles. The molecule has 35 heavy (non-hydrogen) atoms. The highest BCUT2D eigenvalue weighted by Crippen LogP contribution is 2.43. The Bertz CT molecular complexity index is 1370. The first-order chi connectivity index (χ1) is 16.6. The first-order valence-corrected chi connectivity index (χ1v) is 11.2. The summed E-state index contributed by atoms with van der Waals surface area (Å²) in [6, 6.07) is 6.69. The number of nitriles is 1. The lowest BCUT2D eigenvalue weighted by molar-refractivity contribution is -0.385. The van der Waals surface area contributed by atoms with Crippen LogP contribution in [0.25, 0.3) is 0 Å². The second-order valence-electron chi connectivity index (χ2n) is 8.79. The standard InChI is InChI=1S/C23H19ClN6O5/c1-11-3-5-14(7-17(11)30(34)35)26-22(32)27-10-15-8-18(27)20-21(31)29(23(33)28(15)20)16-6-4-13(9-25)19(24)12(16)2/h3-7,15,18,20H,8,10H2,1-2H3,(H,26,32)/t15?,18?,20-/m1/s1. The van der Waals surface area contributed by atoms with Crippen LogP contribution in [0.1, 0.15) is 23.1 Å². The van der Waals surface area contributed by atoms with E-state index in [1.165, 1.54) is 28.0 Å². The maximum atomic E-state index is 13.4. The summed E-state index contributed by atoms with van der Waals surface area (Å²) in [6.45, 7) is 3.48. The van der Waals surface area contributed by atoms with E-state index in [9.17, 15) is 29.8 Å². The summed E-state index contributed by atoms with van der Waals surface area (Å²) >= 11 is 6.26. The number of nitro groups is 1. The molecule has 3 saturated heterocycles. The van der Waals surface area contributed by atoms with Crippen molar-refractivity contribution in [2.45, 2.75) is 38.4 Å². The van der Waals surface area contributed by atoms with Crippen molar-refractivity contribution in [3.8, 4) is 6.07 Å². The second-order valence-corrected chi connectivity index (χ2v) is 9.17. The first kappa shape index (κ1) is 22.6. The van der Waals surface area contributed by atoms with Gasteiger partial charge in [-0.3, -0.25) is 14.9 Å². The van der Waals surface area contributed by atoms with E-state index in [0.717, 1.165) is 4.90 Å². The normalized spacial score (nSPS) is 22.5. The molecule has 3 atom stereocenters. The minimum atomic E-state index is -0.840. The summed E-state index contributed by atoms with van der Waals surface area (Å²) in [5, 5.41) is 23.3. The molecule has 11 nitrogen and oxygen atoms in total. The average Bonchev–Trinajstić information content (AvgIpc) is 3.48. The molecule has 0 spiro atoms. The van der Waals surface area contributed by atoms with Gasteiger partial charge in [0.15, 0.2) is 0 Å². The van der Waals surface area contributed by atoms with Crippen molar-refractivity contribution in [3.63, 3.8) is 0 Å². The molecule has 178 valence electrons. The van der Waals surface area contributed by atoms with Crippen molar-refractivity contribution in [1.82, 2.24) is 9.80 Å². The maximum absolute atomic E-state index is 13.4. The molecular formula is C23H19ClN6O5. The molecule has 3 fully saturated rings. The van der Waals surface area contributed by atoms with Gasteiger partial charge >= 0.3 is 12.1 Å². The Morgan fingerprint density at radius 3 is 2.69 bits per heavy atom. The minimum Gasteiger partial charge on any atom is -0.317 e. The molecule has 2 unspecified atom stereocenters. The topological polar surface area (TPSA) is 140 Å². The van der Waals surface area contributed by atoms with Crippen LogP contribution in [0.3, 0.4) is 0 Å². The zero-order valence-electron chi connectivity index (χ0n) is 18.7. The molecule has 2 bridgehead atoms. The number of piperazine rings is 1. The molecule has 3 aliphatic rings. The summed E-state index contributed by atoms with van der Waals surface area (Å²) in [7, 11) is 0. The van der Waals surface area contributed by atoms with E-state index in [1.54, 1.807) is 26.0 Å². The zero-order valence-corrected chi connectivity index (χ0v) is 19.4. The van der Waals surface area contributed by atoms with Gasteiger partial charge in [-0.1, -0.05) is 17.7 Å². The van der Waals surface area contributed by atoms with Crippen molar-refractivity contribution >= 4 is 46.6 Å². The van der Waals surface area contributed by atoms with Crippen LogP contribution < -0.4 is 10.2 Å². The Labute approximate surface area is 204 Å². The molecule has 2 aromatic rings. The Balaban J connectivity index is 1.39. The summed E-state index contributed by atoms with van der Waals surface area (Å²) < 4.78 is 0. The third kappa shape index (κ3) is 3.29. The maximum Gasteiger partial charge on any atom is 0.332 e. The number of nitrogens with zero attached hydrogens (tertiary/aromatic N) is 5. The number of halogens is 1. The van der Waals surface area contributed by atoms with Gasteiger partial charge in [-0.05, 0) is 44.0 Å². The molecule has 0 saturated carbocycles. The van der Waals surface area contributed by atoms with Crippen LogP contribution in [-0.2, 0) is 4.79 Å². The Hall–Kier alpha value is -4.17. The molecule has 12 heteroatoms. The summed E-state index contributed by atoms with van der Waals surface area (Å²) in [5.41, 5.74) is 1.62. The molecule has 3 aliphatic heterocycles. The minimum absolute atomic E-state index is 0.111. The number of hydrogen-bond acceptors (Lipinski definition) is 6. The molecular weight excluding hydrogens is 476 g/mol. The lowest BCUT2D eigenvalue weighted by Crippen LogP contribution is -2.55. The molecule has 0 aliphatic carbocycles. The van der Waals surface area contributed by atoms with E-state index in [1.807, 2.05) is 6.07 Å². The fourth-order valence-electron chi connectivity index (χ4n) is 5.19. The van der Waals surface area contributed by atoms with E-state index in [-0.39, 0.29) is 34.5 Å². The number of nitro benzene ring substituents is 1. The van der Waals surface area contributed by atoms with Crippen molar-refractivity contribution in [3.05, 3.63) is 62.2 Å². The second kappa shape index (κ2) is 7.95. The van der Waals surface area contributed by atoms with Gasteiger partial charge in [0.25, 0.3) is 11.6 Å². The molecule has 5 rings (SSSR count). The number of aryl methyl sites for hydroxylation is 1. The SMILES string of the molecule is Cc1ccc(NC(=O)N2CC3CC2[C@@H]2C(=O)N(c4ccc(C#N)c(Cl)c4C)C(=O)N32)cc1[N+](=O)[O-]. The van der Waals surface area contributed by atoms with E-state index < -0.39 is 35.0 Å². The predicted molar refractivity (Wildman–Crippen MR) is 125 cm³/mol. The number of anilines is 2. The van der Waals surface area contributed by atoms with E-state index in [2.05, 4.69) is 5.32 Å². The van der Waals surface area contributed by atoms with Crippen molar-refractivity contribution < 1.29 is 19.3 Å². The molecule has 3 heterocycles. The Morgan fingerprint density at radius 2 is 2.00 bits per heavy atom. The van der Waals surface area contributed by atoms with Gasteiger partial charge < -0.3 is 15.1 Å². The largest absolute Gasteiger partial charge is 0.332 e. The van der Waals surface area contributed by atoms with E-state index in [4.69, 9.17) is 11.6 Å². The number of carbonyl (C=O) groups is 3. The predicted octanol–water partition coefficient (Wildman–Crippen LogP) is 3.56. The Kier molecular flexibility index (Phi) is 5.14. The number of amides is 5. The fraction of sp³-hybridized carbons (Fsp3) is 0.304. The number of rotatable bonds is 3. The van der Waals surface area contributed by atoms with Crippen LogP contribution in [0.4, 0.5) is 26.7 Å². The van der Waals surface area contributed by atoms with Gasteiger partial charge in [0.2, 0.25) is 0 Å². The van der Waals surface area contributed by atoms with E-state index >= 15 is 0 Å². The van der Waals surface area contributed by atoms with Crippen LogP contribution in [-0.4, -0.2) is 57.4 Å². The van der Waals surface area contributed by atoms with Crippen molar-refractivity contribution in [2.24, 2.45) is 0 Å². The van der Waals surface area contributed by atoms with Crippen LogP contribution in [0.2, 0.25) is 5.02 Å². The molecule has 0 radical (unpaired) electrons. The van der Waals surface area contributed by atoms with Crippen molar-refractivity contribution in [1.29, 1.82) is 5.26 Å². The zero-order chi connectivity index (χ0) is 25.2. The monoisotopic (exact) mass is 494 g/mol. The quantitative estimate of drug-likeness (QED) is 0.393. The number of nitrogens with one attached hydrogen (secondary N) is 1. The highest BCUT2D eigenvalue weighted by Gasteiger charge is 2.63. The van der Waals surface area contributed by atoms with Gasteiger partial charge in [-0.2, -0.15) is 5.26 Å². The van der Waals surface area contributed by atoms with Crippen LogP contribution in [0.5, 0.6) is 0 Å². The number of fused-ring (bicyclic) bond motifs is 5. The van der Waals surface area contributed by atoms with Crippen molar-refractivity contribution in [2.75, 3.05) is 16.8 Å². The molecule has 1 N–H and O–H groups in total. The lowest BCUT2D eigenvalue weighted by atomic mass is 10.1. The van der Waals surface area contributed by atoms with Gasteiger partial charge in [-0.25, -0.2) is 14.5 Å². The Morgan fingerprint density at radius 1 is 1.26 bits per heavy atom. The highest BCUT2D eigenvalue weighted by molar-refractivity contribution is 6.33. The summed E-state index contributed by atoms with van der Waals surface area (Å²) in [6.07, 6.45) is 0.463. The highest BCUT2D eigenvalue weighted by atomic mass is 35.5. The van der Waals surface area contributed by atoms with Gasteiger partial charge in [0.1, 0.15) is 12.1 Å². The van der Waals surface area contributed by atoms with Crippen LogP contribution >= 0.6 is 11.6 Å². The number of carbonyl (C=O) groups excluding carboxylic acids is 3. The molecule has 2 aromatic carbocycles. The lowest BCUT2D eigenvalue weighted by Gasteiger charge is -2.34. The smallest absolute Gasteiger partial charge is 0.317 e. The fourth-order valence-corrected chi connectivity index (χ4v) is 5.40. The number of hydrogen-bond donors (Lipinski definition) is 1. The summed E-state index contributed by atoms with van der Waals surface area (Å²) in [4.78, 5) is 54.5. The number of urea groups is 2. The van der Waals surface area contributed by atoms with Crippen LogP contribution in [0, 0.1) is 35.3 Å². The van der Waals surface area contributed by atoms with Gasteiger partial charge in [-0.15, -0.1) is 0 Å². The number of imide groups is 1. The number of likely N-dealkylation sites (tertiary alicyclic amines) is 1. The van der Waals surface area contributed by atoms with E-state index in [0.29, 0.717) is 23.2 Å². The average molecular weight is 495 g/mol. The summed E-state index contributed by atoms with van der Waals surface area (Å²) in [5.74, 6) is -0.463. The molecule has 5 amide bonds. The first-order valence-electron chi connectivity index (χ1n) is 10.8. The number of benzene rings is 2. The van der Waals surface area contributed by atoms with Gasteiger partial charge in [0.05, 0.1) is 33.3 Å². The van der Waals surface area contributed by atoms with Gasteiger partial charge in [0, 0.05) is 23.9 Å².